The lowest BCUT2D eigenvalue weighted by Crippen LogP contribution is -2.38. The number of aromatic nitrogens is 5. The van der Waals surface area contributed by atoms with Crippen LogP contribution in [0.25, 0.3) is 22.2 Å². The smallest absolute Gasteiger partial charge is 0.142 e. The van der Waals surface area contributed by atoms with Gasteiger partial charge in [-0.25, -0.2) is 0 Å². The summed E-state index contributed by atoms with van der Waals surface area (Å²) in [7, 11) is 1.85. The average Bonchev–Trinajstić information content (AvgIpc) is 3.14. The van der Waals surface area contributed by atoms with Crippen molar-refractivity contribution in [2.45, 2.75) is 33.1 Å². The number of hydrogen-bond acceptors (Lipinski definition) is 6. The van der Waals surface area contributed by atoms with Gasteiger partial charge in [-0.1, -0.05) is 25.1 Å². The van der Waals surface area contributed by atoms with Gasteiger partial charge in [-0.3, -0.25) is 9.48 Å². The zero-order valence-electron chi connectivity index (χ0n) is 17.4. The van der Waals surface area contributed by atoms with E-state index in [2.05, 4.69) is 39.3 Å². The molecule has 0 aliphatic carbocycles. The van der Waals surface area contributed by atoms with Crippen LogP contribution in [0.4, 0.5) is 0 Å². The molecule has 3 aromatic rings. The fourth-order valence-electron chi connectivity index (χ4n) is 4.09. The van der Waals surface area contributed by atoms with Gasteiger partial charge in [0.2, 0.25) is 0 Å². The molecular formula is C22H28N6O. The van der Waals surface area contributed by atoms with Crippen molar-refractivity contribution < 1.29 is 4.79 Å². The molecule has 0 spiro atoms. The molecule has 1 aromatic carbocycles. The summed E-state index contributed by atoms with van der Waals surface area (Å²) in [5.74, 6) is 1.09. The van der Waals surface area contributed by atoms with E-state index >= 15 is 0 Å². The standard InChI is InChI=1S/C22H28N6O/c1-15(2)13-28-8-6-16(7-9-28)22(29)12-19-11-18-10-17(4-5-20(18)24-23-19)21-14-27(3)26-25-21/h4-5,10-11,14-16H,6-9,12-13H2,1-3H3. The second-order valence-corrected chi connectivity index (χ2v) is 8.50. The van der Waals surface area contributed by atoms with Gasteiger partial charge in [-0.05, 0) is 50.0 Å². The number of nitrogens with zero attached hydrogens (tertiary/aromatic N) is 6. The predicted octanol–water partition coefficient (Wildman–Crippen LogP) is 2.90. The minimum absolute atomic E-state index is 0.141. The average molecular weight is 393 g/mol. The topological polar surface area (TPSA) is 76.8 Å². The normalized spacial score (nSPS) is 16.0. The highest BCUT2D eigenvalue weighted by atomic mass is 16.1. The number of ketones is 1. The SMILES string of the molecule is CC(C)CN1CCC(C(=O)Cc2cc3cc(-c4cn(C)nn4)ccc3nn2)CC1. The van der Waals surface area contributed by atoms with Crippen molar-refractivity contribution in [3.8, 4) is 11.3 Å². The largest absolute Gasteiger partial charge is 0.303 e. The summed E-state index contributed by atoms with van der Waals surface area (Å²) < 4.78 is 1.68. The Morgan fingerprint density at radius 2 is 1.93 bits per heavy atom. The third-order valence-electron chi connectivity index (χ3n) is 5.56. The van der Waals surface area contributed by atoms with Crippen LogP contribution in [0.2, 0.25) is 0 Å². The van der Waals surface area contributed by atoms with E-state index in [4.69, 9.17) is 0 Å². The zero-order chi connectivity index (χ0) is 20.4. The number of fused-ring (bicyclic) bond motifs is 1. The minimum atomic E-state index is 0.141. The van der Waals surface area contributed by atoms with E-state index < -0.39 is 0 Å². The van der Waals surface area contributed by atoms with Gasteiger partial charge >= 0.3 is 0 Å². The molecule has 7 heteroatoms. The van der Waals surface area contributed by atoms with Gasteiger partial charge in [0.25, 0.3) is 0 Å². The first-order valence-corrected chi connectivity index (χ1v) is 10.4. The number of carbonyl (C=O) groups is 1. The van der Waals surface area contributed by atoms with E-state index in [0.717, 1.165) is 60.3 Å². The van der Waals surface area contributed by atoms with Crippen LogP contribution in [0.15, 0.2) is 30.5 Å². The van der Waals surface area contributed by atoms with E-state index in [9.17, 15) is 4.79 Å². The molecule has 0 unspecified atom stereocenters. The number of piperidine rings is 1. The molecule has 1 saturated heterocycles. The number of hydrogen-bond donors (Lipinski definition) is 0. The van der Waals surface area contributed by atoms with E-state index in [-0.39, 0.29) is 11.7 Å². The van der Waals surface area contributed by atoms with Crippen LogP contribution in [0.5, 0.6) is 0 Å². The molecule has 0 amide bonds. The third-order valence-corrected chi connectivity index (χ3v) is 5.56. The van der Waals surface area contributed by atoms with Crippen molar-refractivity contribution in [2.75, 3.05) is 19.6 Å². The van der Waals surface area contributed by atoms with Gasteiger partial charge in [0.15, 0.2) is 0 Å². The number of likely N-dealkylation sites (tertiary alicyclic amines) is 1. The van der Waals surface area contributed by atoms with Crippen molar-refractivity contribution in [1.82, 2.24) is 30.1 Å². The van der Waals surface area contributed by atoms with E-state index in [1.165, 1.54) is 0 Å². The maximum Gasteiger partial charge on any atom is 0.142 e. The Bertz CT molecular complexity index is 1000. The van der Waals surface area contributed by atoms with Crippen molar-refractivity contribution in [3.05, 3.63) is 36.2 Å². The summed E-state index contributed by atoms with van der Waals surface area (Å²) in [6.07, 6.45) is 4.13. The summed E-state index contributed by atoms with van der Waals surface area (Å²) >= 11 is 0. The van der Waals surface area contributed by atoms with Crippen LogP contribution >= 0.6 is 0 Å². The van der Waals surface area contributed by atoms with Gasteiger partial charge in [0.1, 0.15) is 11.5 Å². The summed E-state index contributed by atoms with van der Waals surface area (Å²) in [5, 5.41) is 17.7. The number of benzene rings is 1. The predicted molar refractivity (Wildman–Crippen MR) is 112 cm³/mol. The highest BCUT2D eigenvalue weighted by Crippen LogP contribution is 2.23. The Kier molecular flexibility index (Phi) is 5.67. The first-order chi connectivity index (χ1) is 14.0. The molecule has 0 bridgehead atoms. The summed E-state index contributed by atoms with van der Waals surface area (Å²) in [6, 6.07) is 7.92. The van der Waals surface area contributed by atoms with E-state index in [1.807, 2.05) is 37.5 Å². The second kappa shape index (κ2) is 8.37. The Hall–Kier alpha value is -2.67. The van der Waals surface area contributed by atoms with Crippen molar-refractivity contribution in [1.29, 1.82) is 0 Å². The lowest BCUT2D eigenvalue weighted by molar-refractivity contribution is -0.123. The van der Waals surface area contributed by atoms with E-state index in [0.29, 0.717) is 12.3 Å². The summed E-state index contributed by atoms with van der Waals surface area (Å²) in [6.45, 7) is 7.63. The molecule has 0 saturated carbocycles. The molecule has 3 heterocycles. The molecule has 4 rings (SSSR count). The highest BCUT2D eigenvalue weighted by molar-refractivity contribution is 5.86. The number of rotatable bonds is 6. The maximum absolute atomic E-state index is 12.8. The highest BCUT2D eigenvalue weighted by Gasteiger charge is 2.25. The molecule has 1 aliphatic rings. The quantitative estimate of drug-likeness (QED) is 0.642. The molecule has 0 N–H and O–H groups in total. The van der Waals surface area contributed by atoms with Crippen molar-refractivity contribution in [3.63, 3.8) is 0 Å². The first kappa shape index (κ1) is 19.6. The van der Waals surface area contributed by atoms with Crippen LogP contribution in [-0.4, -0.2) is 55.5 Å². The van der Waals surface area contributed by atoms with Crippen molar-refractivity contribution >= 4 is 16.7 Å². The van der Waals surface area contributed by atoms with Crippen LogP contribution < -0.4 is 0 Å². The fourth-order valence-corrected chi connectivity index (χ4v) is 4.09. The van der Waals surface area contributed by atoms with Crippen LogP contribution in [-0.2, 0) is 18.3 Å². The number of carbonyl (C=O) groups excluding carboxylic acids is 1. The van der Waals surface area contributed by atoms with Crippen LogP contribution in [0, 0.1) is 11.8 Å². The van der Waals surface area contributed by atoms with Gasteiger partial charge in [0, 0.05) is 30.5 Å². The molecule has 152 valence electrons. The van der Waals surface area contributed by atoms with Crippen LogP contribution in [0.1, 0.15) is 32.4 Å². The summed E-state index contributed by atoms with van der Waals surface area (Å²) in [4.78, 5) is 15.3. The Labute approximate surface area is 171 Å². The molecule has 2 aromatic heterocycles. The monoisotopic (exact) mass is 392 g/mol. The first-order valence-electron chi connectivity index (χ1n) is 10.4. The fraction of sp³-hybridized carbons (Fsp3) is 0.500. The molecular weight excluding hydrogens is 364 g/mol. The Morgan fingerprint density at radius 1 is 1.14 bits per heavy atom. The molecule has 0 atom stereocenters. The number of aryl methyl sites for hydroxylation is 1. The lowest BCUT2D eigenvalue weighted by atomic mass is 9.90. The van der Waals surface area contributed by atoms with Gasteiger partial charge in [-0.15, -0.1) is 5.10 Å². The number of Topliss-reactive ketones (excluding diaryl/α,β-unsaturated/α-hetero) is 1. The molecule has 29 heavy (non-hydrogen) atoms. The Morgan fingerprint density at radius 3 is 2.62 bits per heavy atom. The molecule has 0 radical (unpaired) electrons. The van der Waals surface area contributed by atoms with Crippen molar-refractivity contribution in [2.24, 2.45) is 18.9 Å². The van der Waals surface area contributed by atoms with E-state index in [1.54, 1.807) is 4.68 Å². The van der Waals surface area contributed by atoms with Gasteiger partial charge < -0.3 is 4.90 Å². The Balaban J connectivity index is 1.44. The van der Waals surface area contributed by atoms with Crippen LogP contribution in [0.3, 0.4) is 0 Å². The molecule has 1 aliphatic heterocycles. The third kappa shape index (κ3) is 4.67. The minimum Gasteiger partial charge on any atom is -0.303 e. The maximum atomic E-state index is 12.8. The van der Waals surface area contributed by atoms with Gasteiger partial charge in [-0.2, -0.15) is 10.2 Å². The lowest BCUT2D eigenvalue weighted by Gasteiger charge is -2.32. The molecule has 1 fully saturated rings. The summed E-state index contributed by atoms with van der Waals surface area (Å²) in [5.41, 5.74) is 3.35. The molecule has 7 nitrogen and oxygen atoms in total. The van der Waals surface area contributed by atoms with Gasteiger partial charge in [0.05, 0.1) is 23.8 Å². The zero-order valence-corrected chi connectivity index (χ0v) is 17.4. The second-order valence-electron chi connectivity index (χ2n) is 8.50.